The van der Waals surface area contributed by atoms with E-state index in [2.05, 4.69) is 15.7 Å². The second-order valence-electron chi connectivity index (χ2n) is 7.55. The predicted molar refractivity (Wildman–Crippen MR) is 113 cm³/mol. The molecule has 9 heteroatoms. The van der Waals surface area contributed by atoms with Gasteiger partial charge in [0.1, 0.15) is 5.75 Å². The molecular weight excluding hydrogens is 418 g/mol. The van der Waals surface area contributed by atoms with Crippen LogP contribution in [0.15, 0.2) is 42.5 Å². The number of carbonyl (C=O) groups excluding carboxylic acids is 2. The Morgan fingerprint density at radius 1 is 1.00 bits per heavy atom. The number of nitrogens with zero attached hydrogens (tertiary/aromatic N) is 2. The molecule has 1 heterocycles. The molecule has 1 aromatic heterocycles. The third-order valence-electron chi connectivity index (χ3n) is 5.33. The van der Waals surface area contributed by atoms with Gasteiger partial charge in [-0.15, -0.1) is 0 Å². The quantitative estimate of drug-likeness (QED) is 0.493. The van der Waals surface area contributed by atoms with Crippen LogP contribution >= 0.6 is 0 Å². The topological polar surface area (TPSA) is 96.3 Å². The number of fused-ring (bicyclic) bond motifs is 1. The molecule has 2 amide bonds. The van der Waals surface area contributed by atoms with Gasteiger partial charge in [0.15, 0.2) is 17.3 Å². The average Bonchev–Trinajstić information content (AvgIpc) is 3.38. The van der Waals surface area contributed by atoms with Gasteiger partial charge < -0.3 is 15.7 Å². The normalized spacial score (nSPS) is 12.4. The Labute approximate surface area is 183 Å². The van der Waals surface area contributed by atoms with Gasteiger partial charge in [0.25, 0.3) is 11.8 Å². The lowest BCUT2D eigenvalue weighted by Gasteiger charge is -2.07. The number of rotatable bonds is 7. The predicted octanol–water partition coefficient (Wildman–Crippen LogP) is 2.89. The number of hydrogen-bond acceptors (Lipinski definition) is 4. The lowest BCUT2D eigenvalue weighted by molar-refractivity contribution is 0.0946. The first-order chi connectivity index (χ1) is 15.4. The van der Waals surface area contributed by atoms with Gasteiger partial charge in [0.2, 0.25) is 0 Å². The molecule has 0 bridgehead atoms. The summed E-state index contributed by atoms with van der Waals surface area (Å²) in [6.45, 7) is 0.669. The molecule has 7 nitrogen and oxygen atoms in total. The molecule has 1 aliphatic rings. The first-order valence-electron chi connectivity index (χ1n) is 10.4. The summed E-state index contributed by atoms with van der Waals surface area (Å²) in [5.41, 5.74) is 2.66. The number of nitrogens with one attached hydrogen (secondary N) is 2. The minimum Gasteiger partial charge on any atom is -0.508 e. The number of benzene rings is 2. The van der Waals surface area contributed by atoms with Crippen molar-refractivity contribution in [3.05, 3.63) is 76.6 Å². The van der Waals surface area contributed by atoms with Gasteiger partial charge >= 0.3 is 0 Å². The van der Waals surface area contributed by atoms with E-state index in [4.69, 9.17) is 0 Å². The Bertz CT molecular complexity index is 1180. The van der Waals surface area contributed by atoms with Crippen LogP contribution < -0.4 is 10.6 Å². The highest BCUT2D eigenvalue weighted by Gasteiger charge is 2.27. The van der Waals surface area contributed by atoms with Crippen LogP contribution in [0.1, 0.15) is 44.9 Å². The molecular formula is C23H22F2N4O3. The highest BCUT2D eigenvalue weighted by atomic mass is 19.2. The van der Waals surface area contributed by atoms with Crippen molar-refractivity contribution in [2.45, 2.75) is 25.7 Å². The number of aromatic nitrogens is 2. The molecule has 1 aliphatic carbocycles. The minimum atomic E-state index is -0.969. The second kappa shape index (κ2) is 9.17. The third-order valence-corrected chi connectivity index (χ3v) is 5.33. The number of halogens is 2. The van der Waals surface area contributed by atoms with Crippen molar-refractivity contribution in [2.24, 2.45) is 0 Å². The van der Waals surface area contributed by atoms with Crippen molar-refractivity contribution >= 4 is 11.8 Å². The van der Waals surface area contributed by atoms with Crippen LogP contribution in [0, 0.1) is 11.6 Å². The average molecular weight is 440 g/mol. The fourth-order valence-electron chi connectivity index (χ4n) is 3.78. The summed E-state index contributed by atoms with van der Waals surface area (Å²) in [5.74, 6) is -2.55. The standard InChI is InChI=1S/C23H22F2N4O3/c24-18-9-8-15(13-19(18)25)29-20-7-2-6-17(20)21(28-29)23(32)27-11-3-10-26-22(31)14-4-1-5-16(30)12-14/h1,4-5,8-9,12-13,30H,2-3,6-7,10-11H2,(H,26,31)(H,27,32). The number of phenols is 1. The summed E-state index contributed by atoms with van der Waals surface area (Å²) in [4.78, 5) is 24.7. The smallest absolute Gasteiger partial charge is 0.272 e. The van der Waals surface area contributed by atoms with Gasteiger partial charge in [-0.05, 0) is 56.0 Å². The Hall–Kier alpha value is -3.75. The summed E-state index contributed by atoms with van der Waals surface area (Å²) in [5, 5.41) is 19.3. The van der Waals surface area contributed by atoms with Crippen LogP contribution in [0.4, 0.5) is 8.78 Å². The van der Waals surface area contributed by atoms with E-state index in [0.717, 1.165) is 29.8 Å². The SMILES string of the molecule is O=C(NCCCNC(=O)c1nn(-c2ccc(F)c(F)c2)c2c1CCC2)c1cccc(O)c1. The Morgan fingerprint density at radius 3 is 2.53 bits per heavy atom. The fraction of sp³-hybridized carbons (Fsp3) is 0.261. The van der Waals surface area contributed by atoms with Gasteiger partial charge in [-0.2, -0.15) is 5.10 Å². The molecule has 0 fully saturated rings. The highest BCUT2D eigenvalue weighted by Crippen LogP contribution is 2.28. The molecule has 4 rings (SSSR count). The van der Waals surface area contributed by atoms with Crippen LogP contribution in [0.5, 0.6) is 5.75 Å². The molecule has 166 valence electrons. The van der Waals surface area contributed by atoms with Crippen LogP contribution in [0.2, 0.25) is 0 Å². The van der Waals surface area contributed by atoms with Crippen LogP contribution in [-0.2, 0) is 12.8 Å². The van der Waals surface area contributed by atoms with Crippen molar-refractivity contribution in [1.82, 2.24) is 20.4 Å². The maximum Gasteiger partial charge on any atom is 0.272 e. The van der Waals surface area contributed by atoms with E-state index in [1.54, 1.807) is 12.1 Å². The zero-order valence-corrected chi connectivity index (χ0v) is 17.2. The van der Waals surface area contributed by atoms with Crippen LogP contribution in [-0.4, -0.2) is 39.8 Å². The Morgan fingerprint density at radius 2 is 1.78 bits per heavy atom. The van der Waals surface area contributed by atoms with Crippen LogP contribution in [0.3, 0.4) is 0 Å². The fourth-order valence-corrected chi connectivity index (χ4v) is 3.78. The van der Waals surface area contributed by atoms with Crippen molar-refractivity contribution in [2.75, 3.05) is 13.1 Å². The largest absolute Gasteiger partial charge is 0.508 e. The summed E-state index contributed by atoms with van der Waals surface area (Å²) >= 11 is 0. The van der Waals surface area contributed by atoms with E-state index in [1.807, 2.05) is 0 Å². The first-order valence-corrected chi connectivity index (χ1v) is 10.4. The highest BCUT2D eigenvalue weighted by molar-refractivity contribution is 5.95. The zero-order valence-electron chi connectivity index (χ0n) is 17.2. The number of hydrogen-bond donors (Lipinski definition) is 3. The molecule has 32 heavy (non-hydrogen) atoms. The summed E-state index contributed by atoms with van der Waals surface area (Å²) < 4.78 is 28.5. The van der Waals surface area contributed by atoms with E-state index in [1.165, 1.54) is 22.9 Å². The monoisotopic (exact) mass is 440 g/mol. The third kappa shape index (κ3) is 4.46. The summed E-state index contributed by atoms with van der Waals surface area (Å²) in [6.07, 6.45) is 2.76. The Kier molecular flexibility index (Phi) is 6.16. The number of carbonyl (C=O) groups is 2. The first kappa shape index (κ1) is 21.5. The molecule has 2 aromatic carbocycles. The van der Waals surface area contributed by atoms with Gasteiger partial charge in [-0.1, -0.05) is 6.07 Å². The van der Waals surface area contributed by atoms with E-state index in [-0.39, 0.29) is 23.3 Å². The number of phenolic OH excluding ortho intramolecular Hbond substituents is 1. The molecule has 0 saturated heterocycles. The van der Waals surface area contributed by atoms with E-state index in [9.17, 15) is 23.5 Å². The van der Waals surface area contributed by atoms with Crippen LogP contribution in [0.25, 0.3) is 5.69 Å². The van der Waals surface area contributed by atoms with E-state index < -0.39 is 11.6 Å². The molecule has 0 saturated carbocycles. The molecule has 0 unspecified atom stereocenters. The van der Waals surface area contributed by atoms with Crippen molar-refractivity contribution < 1.29 is 23.5 Å². The number of aromatic hydroxyl groups is 1. The maximum absolute atomic E-state index is 13.7. The lowest BCUT2D eigenvalue weighted by atomic mass is 10.2. The van der Waals surface area contributed by atoms with Crippen molar-refractivity contribution in [3.8, 4) is 11.4 Å². The van der Waals surface area contributed by atoms with Crippen molar-refractivity contribution in [3.63, 3.8) is 0 Å². The van der Waals surface area contributed by atoms with Gasteiger partial charge in [0.05, 0.1) is 5.69 Å². The molecule has 0 radical (unpaired) electrons. The molecule has 0 spiro atoms. The maximum atomic E-state index is 13.7. The number of amides is 2. The molecule has 3 aromatic rings. The van der Waals surface area contributed by atoms with Gasteiger partial charge in [0, 0.05) is 36.0 Å². The molecule has 3 N–H and O–H groups in total. The minimum absolute atomic E-state index is 0.0141. The summed E-state index contributed by atoms with van der Waals surface area (Å²) in [6, 6.07) is 9.58. The zero-order chi connectivity index (χ0) is 22.7. The van der Waals surface area contributed by atoms with Gasteiger partial charge in [-0.25, -0.2) is 13.5 Å². The second-order valence-corrected chi connectivity index (χ2v) is 7.55. The Balaban J connectivity index is 1.35. The van der Waals surface area contributed by atoms with Gasteiger partial charge in [-0.3, -0.25) is 9.59 Å². The lowest BCUT2D eigenvalue weighted by Crippen LogP contribution is -2.30. The van der Waals surface area contributed by atoms with Crippen molar-refractivity contribution in [1.29, 1.82) is 0 Å². The molecule has 0 aliphatic heterocycles. The van der Waals surface area contributed by atoms with E-state index in [0.29, 0.717) is 43.6 Å². The van der Waals surface area contributed by atoms with E-state index >= 15 is 0 Å². The summed E-state index contributed by atoms with van der Waals surface area (Å²) in [7, 11) is 0. The molecule has 0 atom stereocenters.